The van der Waals surface area contributed by atoms with Crippen LogP contribution in [0.1, 0.15) is 12.8 Å². The van der Waals surface area contributed by atoms with Crippen LogP contribution in [0.2, 0.25) is 0 Å². The molecule has 0 radical (unpaired) electrons. The quantitative estimate of drug-likeness (QED) is 0.372. The number of nitrogens with one attached hydrogen (secondary N) is 1. The van der Waals surface area contributed by atoms with Gasteiger partial charge in [0, 0.05) is 25.7 Å². The van der Waals surface area contributed by atoms with E-state index in [0.29, 0.717) is 53.4 Å². The topological polar surface area (TPSA) is 147 Å². The third-order valence-corrected chi connectivity index (χ3v) is 6.20. The second kappa shape index (κ2) is 9.24. The van der Waals surface area contributed by atoms with E-state index in [-0.39, 0.29) is 5.91 Å². The maximum atomic E-state index is 12.0. The van der Waals surface area contributed by atoms with Gasteiger partial charge in [0.25, 0.3) is 0 Å². The smallest absolute Gasteiger partial charge is 0.240 e. The van der Waals surface area contributed by atoms with Crippen LogP contribution in [0.3, 0.4) is 0 Å². The van der Waals surface area contributed by atoms with Crippen molar-refractivity contribution in [3.8, 4) is 22.9 Å². The van der Waals surface area contributed by atoms with Gasteiger partial charge >= 0.3 is 0 Å². The van der Waals surface area contributed by atoms with Gasteiger partial charge in [-0.2, -0.15) is 15.1 Å². The summed E-state index contributed by atoms with van der Waals surface area (Å²) < 4.78 is 19.8. The molecule has 1 atom stereocenters. The molecule has 1 saturated heterocycles. The number of methoxy groups -OCH3 is 3. The van der Waals surface area contributed by atoms with Crippen LogP contribution in [0.4, 0.5) is 17.6 Å². The number of hydrogen-bond acceptors (Lipinski definition) is 10. The molecule has 1 aliphatic rings. The molecule has 188 valence electrons. The summed E-state index contributed by atoms with van der Waals surface area (Å²) in [4.78, 5) is 27.7. The van der Waals surface area contributed by atoms with Crippen molar-refractivity contribution in [2.45, 2.75) is 18.9 Å². The van der Waals surface area contributed by atoms with Crippen LogP contribution in [0.15, 0.2) is 30.9 Å². The van der Waals surface area contributed by atoms with Gasteiger partial charge < -0.3 is 34.7 Å². The van der Waals surface area contributed by atoms with Crippen LogP contribution < -0.4 is 30.2 Å². The molecule has 4 heterocycles. The van der Waals surface area contributed by atoms with Gasteiger partial charge in [-0.05, 0) is 12.8 Å². The van der Waals surface area contributed by atoms with E-state index in [2.05, 4.69) is 20.4 Å². The molecule has 1 aliphatic heterocycles. The fraction of sp³-hybridized carbons (Fsp3) is 0.348. The second-order valence-corrected chi connectivity index (χ2v) is 8.31. The lowest BCUT2D eigenvalue weighted by atomic mass is 10.2. The number of benzene rings is 1. The van der Waals surface area contributed by atoms with Gasteiger partial charge in [0.15, 0.2) is 17.1 Å². The lowest BCUT2D eigenvalue weighted by Gasteiger charge is -2.22. The Balaban J connectivity index is 1.51. The van der Waals surface area contributed by atoms with Crippen LogP contribution in [0.5, 0.6) is 17.2 Å². The molecule has 0 aliphatic carbocycles. The van der Waals surface area contributed by atoms with Crippen molar-refractivity contribution in [2.24, 2.45) is 12.8 Å². The van der Waals surface area contributed by atoms with E-state index in [1.54, 1.807) is 45.6 Å². The Morgan fingerprint density at radius 3 is 2.56 bits per heavy atom. The van der Waals surface area contributed by atoms with Crippen LogP contribution >= 0.6 is 0 Å². The number of rotatable bonds is 8. The fourth-order valence-electron chi connectivity index (χ4n) is 4.40. The van der Waals surface area contributed by atoms with E-state index in [1.165, 1.54) is 0 Å². The second-order valence-electron chi connectivity index (χ2n) is 8.31. The SMILES string of the molecule is COc1cc(-n2cnc(Nc3nc(N4CCC[C@H]4C(N)=O)nc4c3cnn4C)c2)cc(OC)c1OC. The van der Waals surface area contributed by atoms with Gasteiger partial charge in [0.2, 0.25) is 17.6 Å². The summed E-state index contributed by atoms with van der Waals surface area (Å²) in [5, 5.41) is 8.32. The molecule has 36 heavy (non-hydrogen) atoms. The van der Waals surface area contributed by atoms with Gasteiger partial charge in [-0.15, -0.1) is 0 Å². The zero-order chi connectivity index (χ0) is 25.4. The number of nitrogens with zero attached hydrogens (tertiary/aromatic N) is 7. The lowest BCUT2D eigenvalue weighted by Crippen LogP contribution is -2.41. The highest BCUT2D eigenvalue weighted by Crippen LogP contribution is 2.39. The van der Waals surface area contributed by atoms with Gasteiger partial charge in [-0.1, -0.05) is 0 Å². The molecular formula is C23H27N9O4. The first-order chi connectivity index (χ1) is 17.4. The number of nitrogens with two attached hydrogens (primary N) is 1. The number of carbonyl (C=O) groups is 1. The van der Waals surface area contributed by atoms with Gasteiger partial charge in [-0.3, -0.25) is 9.48 Å². The minimum atomic E-state index is -0.442. The Morgan fingerprint density at radius 2 is 1.89 bits per heavy atom. The molecule has 3 N–H and O–H groups in total. The molecule has 13 heteroatoms. The summed E-state index contributed by atoms with van der Waals surface area (Å²) in [5.41, 5.74) is 7.01. The maximum absolute atomic E-state index is 12.0. The van der Waals surface area contributed by atoms with Crippen LogP contribution in [-0.4, -0.2) is 69.1 Å². The van der Waals surface area contributed by atoms with Crippen molar-refractivity contribution in [1.29, 1.82) is 0 Å². The molecule has 5 rings (SSSR count). The summed E-state index contributed by atoms with van der Waals surface area (Å²) in [6.07, 6.45) is 6.67. The average molecular weight is 494 g/mol. The van der Waals surface area contributed by atoms with Crippen molar-refractivity contribution >= 4 is 34.5 Å². The number of hydrogen-bond donors (Lipinski definition) is 2. The van der Waals surface area contributed by atoms with Crippen LogP contribution in [0, 0.1) is 0 Å². The Morgan fingerprint density at radius 1 is 1.14 bits per heavy atom. The number of fused-ring (bicyclic) bond motifs is 1. The van der Waals surface area contributed by atoms with E-state index >= 15 is 0 Å². The fourth-order valence-corrected chi connectivity index (χ4v) is 4.40. The van der Waals surface area contributed by atoms with Crippen molar-refractivity contribution in [2.75, 3.05) is 38.1 Å². The first-order valence-corrected chi connectivity index (χ1v) is 11.3. The van der Waals surface area contributed by atoms with Crippen LogP contribution in [0.25, 0.3) is 16.7 Å². The number of aromatic nitrogens is 6. The number of ether oxygens (including phenoxy) is 3. The molecule has 4 aromatic rings. The zero-order valence-electron chi connectivity index (χ0n) is 20.4. The van der Waals surface area contributed by atoms with Crippen molar-refractivity contribution in [3.05, 3.63) is 30.9 Å². The summed E-state index contributed by atoms with van der Waals surface area (Å²) in [7, 11) is 6.49. The van der Waals surface area contributed by atoms with E-state index in [4.69, 9.17) is 24.9 Å². The Kier molecular flexibility index (Phi) is 5.96. The van der Waals surface area contributed by atoms with E-state index in [9.17, 15) is 4.79 Å². The highest BCUT2D eigenvalue weighted by atomic mass is 16.5. The number of primary amides is 1. The number of carbonyl (C=O) groups excluding carboxylic acids is 1. The van der Waals surface area contributed by atoms with E-state index < -0.39 is 6.04 Å². The summed E-state index contributed by atoms with van der Waals surface area (Å²) in [6.45, 7) is 0.645. The molecule has 0 bridgehead atoms. The molecule has 1 aromatic carbocycles. The zero-order valence-corrected chi connectivity index (χ0v) is 20.4. The highest BCUT2D eigenvalue weighted by molar-refractivity contribution is 5.90. The Labute approximate surface area is 206 Å². The minimum absolute atomic E-state index is 0.389. The summed E-state index contributed by atoms with van der Waals surface area (Å²) in [5.74, 6) is 2.66. The molecule has 13 nitrogen and oxygen atoms in total. The van der Waals surface area contributed by atoms with Gasteiger partial charge in [0.05, 0.1) is 44.8 Å². The predicted molar refractivity (Wildman–Crippen MR) is 132 cm³/mol. The predicted octanol–water partition coefficient (Wildman–Crippen LogP) is 1.77. The standard InChI is InChI=1S/C23H27N9O4/c1-30-22-14(10-26-30)21(28-23(29-22)32-7-5-6-15(32)20(24)33)27-18-11-31(12-25-18)13-8-16(34-2)19(36-4)17(9-13)35-3/h8-12,15H,5-7H2,1-4H3,(H2,24,33)(H,27,28,29)/t15-/m0/s1. The molecule has 0 saturated carbocycles. The van der Waals surface area contributed by atoms with E-state index in [0.717, 1.165) is 17.5 Å². The highest BCUT2D eigenvalue weighted by Gasteiger charge is 2.32. The molecule has 0 unspecified atom stereocenters. The maximum Gasteiger partial charge on any atom is 0.240 e. The normalized spacial score (nSPS) is 15.3. The third kappa shape index (κ3) is 3.97. The molecular weight excluding hydrogens is 466 g/mol. The molecule has 1 amide bonds. The minimum Gasteiger partial charge on any atom is -0.493 e. The van der Waals surface area contributed by atoms with Crippen molar-refractivity contribution < 1.29 is 19.0 Å². The first-order valence-electron chi connectivity index (χ1n) is 11.3. The Bertz CT molecular complexity index is 1410. The summed E-state index contributed by atoms with van der Waals surface area (Å²) in [6, 6.07) is 3.21. The molecule has 1 fully saturated rings. The largest absolute Gasteiger partial charge is 0.493 e. The number of aryl methyl sites for hydroxylation is 1. The number of amides is 1. The van der Waals surface area contributed by atoms with E-state index in [1.807, 2.05) is 27.8 Å². The average Bonchev–Trinajstić information content (AvgIpc) is 3.63. The molecule has 0 spiro atoms. The lowest BCUT2D eigenvalue weighted by molar-refractivity contribution is -0.119. The third-order valence-electron chi connectivity index (χ3n) is 6.20. The van der Waals surface area contributed by atoms with Crippen LogP contribution in [-0.2, 0) is 11.8 Å². The Hall–Kier alpha value is -4.55. The summed E-state index contributed by atoms with van der Waals surface area (Å²) >= 11 is 0. The van der Waals surface area contributed by atoms with Gasteiger partial charge in [-0.25, -0.2) is 4.98 Å². The number of imidazole rings is 1. The number of anilines is 3. The molecule has 3 aromatic heterocycles. The van der Waals surface area contributed by atoms with Crippen molar-refractivity contribution in [3.63, 3.8) is 0 Å². The first kappa shape index (κ1) is 23.2. The van der Waals surface area contributed by atoms with Gasteiger partial charge in [0.1, 0.15) is 24.0 Å². The van der Waals surface area contributed by atoms with Crippen molar-refractivity contribution in [1.82, 2.24) is 29.3 Å². The monoisotopic (exact) mass is 493 g/mol.